The van der Waals surface area contributed by atoms with E-state index in [9.17, 15) is 9.59 Å². The maximum Gasteiger partial charge on any atom is 0.251 e. The maximum atomic E-state index is 11.6. The average Bonchev–Trinajstić information content (AvgIpc) is 2.48. The van der Waals surface area contributed by atoms with Crippen LogP contribution in [0.2, 0.25) is 0 Å². The lowest BCUT2D eigenvalue weighted by Gasteiger charge is -2.06. The Morgan fingerprint density at radius 1 is 1.05 bits per heavy atom. The molecule has 2 N–H and O–H groups in total. The second-order valence-corrected chi connectivity index (χ2v) is 4.00. The van der Waals surface area contributed by atoms with Gasteiger partial charge in [-0.3, -0.25) is 9.59 Å². The summed E-state index contributed by atoms with van der Waals surface area (Å²) in [5.74, 6) is -0.110. The molecule has 2 aromatic rings. The van der Waals surface area contributed by atoms with Crippen molar-refractivity contribution in [1.29, 1.82) is 0 Å². The van der Waals surface area contributed by atoms with E-state index in [0.717, 1.165) is 16.8 Å². The van der Waals surface area contributed by atoms with Crippen molar-refractivity contribution in [2.45, 2.75) is 0 Å². The topological polar surface area (TPSA) is 58.2 Å². The molecule has 0 heterocycles. The summed E-state index contributed by atoms with van der Waals surface area (Å²) in [5.41, 5.74) is 3.30. The van der Waals surface area contributed by atoms with Crippen molar-refractivity contribution < 1.29 is 9.59 Å². The highest BCUT2D eigenvalue weighted by Gasteiger charge is 2.04. The lowest BCUT2D eigenvalue weighted by molar-refractivity contribution is -0.105. The number of nitrogens with one attached hydrogen (secondary N) is 2. The first-order valence-electron chi connectivity index (χ1n) is 5.87. The summed E-state index contributed by atoms with van der Waals surface area (Å²) in [7, 11) is 1.61. The molecule has 0 radical (unpaired) electrons. The predicted octanol–water partition coefficient (Wildman–Crippen LogP) is 2.28. The lowest BCUT2D eigenvalue weighted by Crippen LogP contribution is -2.17. The monoisotopic (exact) mass is 254 g/mol. The van der Waals surface area contributed by atoms with Crippen LogP contribution in [-0.4, -0.2) is 19.4 Å². The van der Waals surface area contributed by atoms with Crippen molar-refractivity contribution in [3.05, 3.63) is 54.1 Å². The van der Waals surface area contributed by atoms with Crippen molar-refractivity contribution >= 4 is 18.0 Å². The van der Waals surface area contributed by atoms with Crippen LogP contribution in [0.4, 0.5) is 5.69 Å². The van der Waals surface area contributed by atoms with Crippen LogP contribution < -0.4 is 10.6 Å². The predicted molar refractivity (Wildman–Crippen MR) is 75.0 cm³/mol. The molecule has 0 unspecified atom stereocenters. The fraction of sp³-hybridized carbons (Fsp3) is 0.0667. The Morgan fingerprint density at radius 3 is 2.42 bits per heavy atom. The molecule has 0 aliphatic heterocycles. The van der Waals surface area contributed by atoms with Gasteiger partial charge in [0.05, 0.1) is 0 Å². The molecule has 0 bridgehead atoms. The van der Waals surface area contributed by atoms with Crippen molar-refractivity contribution in [3.8, 4) is 11.1 Å². The number of rotatable bonds is 4. The smallest absolute Gasteiger partial charge is 0.251 e. The van der Waals surface area contributed by atoms with Gasteiger partial charge in [-0.1, -0.05) is 24.3 Å². The summed E-state index contributed by atoms with van der Waals surface area (Å²) < 4.78 is 0. The third kappa shape index (κ3) is 2.98. The van der Waals surface area contributed by atoms with Crippen LogP contribution >= 0.6 is 0 Å². The molecule has 4 heteroatoms. The van der Waals surface area contributed by atoms with Gasteiger partial charge in [0.25, 0.3) is 5.91 Å². The molecule has 0 saturated carbocycles. The molecule has 2 rings (SSSR count). The number of carbonyl (C=O) groups is 2. The molecule has 0 saturated heterocycles. The molecule has 0 aromatic heterocycles. The number of benzene rings is 2. The van der Waals surface area contributed by atoms with E-state index < -0.39 is 0 Å². The lowest BCUT2D eigenvalue weighted by atomic mass is 10.0. The summed E-state index contributed by atoms with van der Waals surface area (Å²) in [6.45, 7) is 0. The van der Waals surface area contributed by atoms with E-state index in [-0.39, 0.29) is 5.91 Å². The van der Waals surface area contributed by atoms with E-state index in [1.54, 1.807) is 13.1 Å². The van der Waals surface area contributed by atoms with Crippen LogP contribution in [0.3, 0.4) is 0 Å². The SMILES string of the molecule is CNC(=O)c1cccc(-c2ccc(NC=O)cc2)c1. The number of amides is 2. The summed E-state index contributed by atoms with van der Waals surface area (Å²) in [5, 5.41) is 5.18. The van der Waals surface area contributed by atoms with Gasteiger partial charge in [-0.15, -0.1) is 0 Å². The highest BCUT2D eigenvalue weighted by Crippen LogP contribution is 2.22. The Morgan fingerprint density at radius 2 is 1.79 bits per heavy atom. The quantitative estimate of drug-likeness (QED) is 0.822. The van der Waals surface area contributed by atoms with Gasteiger partial charge in [0.1, 0.15) is 0 Å². The molecule has 2 aromatic carbocycles. The summed E-state index contributed by atoms with van der Waals surface area (Å²) in [4.78, 5) is 21.9. The van der Waals surface area contributed by atoms with Crippen LogP contribution in [0.15, 0.2) is 48.5 Å². The summed E-state index contributed by atoms with van der Waals surface area (Å²) in [6, 6.07) is 14.8. The van der Waals surface area contributed by atoms with Crippen molar-refractivity contribution in [2.24, 2.45) is 0 Å². The van der Waals surface area contributed by atoms with Crippen molar-refractivity contribution in [1.82, 2.24) is 5.32 Å². The van der Waals surface area contributed by atoms with Gasteiger partial charge in [0.15, 0.2) is 0 Å². The molecule has 0 aliphatic rings. The molecule has 19 heavy (non-hydrogen) atoms. The molecule has 4 nitrogen and oxygen atoms in total. The highest BCUT2D eigenvalue weighted by molar-refractivity contribution is 5.95. The van der Waals surface area contributed by atoms with E-state index in [2.05, 4.69) is 10.6 Å². The molecule has 0 aliphatic carbocycles. The zero-order valence-corrected chi connectivity index (χ0v) is 10.5. The number of carbonyl (C=O) groups excluding carboxylic acids is 2. The van der Waals surface area contributed by atoms with Crippen LogP contribution in [0.25, 0.3) is 11.1 Å². The molecule has 96 valence electrons. The standard InChI is InChI=1S/C15H14N2O2/c1-16-15(19)13-4-2-3-12(9-13)11-5-7-14(8-6-11)17-10-18/h2-10H,1H3,(H,16,19)(H,17,18). The minimum absolute atomic E-state index is 0.110. The third-order valence-electron chi connectivity index (χ3n) is 2.80. The molecule has 0 atom stereocenters. The first-order valence-corrected chi connectivity index (χ1v) is 5.87. The van der Waals surface area contributed by atoms with Gasteiger partial charge in [-0.25, -0.2) is 0 Å². The Bertz CT molecular complexity index is 591. The maximum absolute atomic E-state index is 11.6. The fourth-order valence-electron chi connectivity index (χ4n) is 1.81. The second kappa shape index (κ2) is 5.82. The van der Waals surface area contributed by atoms with Crippen LogP contribution in [0.5, 0.6) is 0 Å². The van der Waals surface area contributed by atoms with Gasteiger partial charge < -0.3 is 10.6 Å². The fourth-order valence-corrected chi connectivity index (χ4v) is 1.81. The number of hydrogen-bond donors (Lipinski definition) is 2. The Labute approximate surface area is 111 Å². The van der Waals surface area contributed by atoms with Crippen LogP contribution in [0.1, 0.15) is 10.4 Å². The Balaban J connectivity index is 2.30. The van der Waals surface area contributed by atoms with Crippen molar-refractivity contribution in [2.75, 3.05) is 12.4 Å². The second-order valence-electron chi connectivity index (χ2n) is 4.00. The molecular weight excluding hydrogens is 240 g/mol. The summed E-state index contributed by atoms with van der Waals surface area (Å²) in [6.07, 6.45) is 0.640. The van der Waals surface area contributed by atoms with Gasteiger partial charge >= 0.3 is 0 Å². The highest BCUT2D eigenvalue weighted by atomic mass is 16.1. The summed E-state index contributed by atoms with van der Waals surface area (Å²) >= 11 is 0. The molecule has 2 amide bonds. The van der Waals surface area contributed by atoms with Crippen LogP contribution in [-0.2, 0) is 4.79 Å². The normalized spacial score (nSPS) is 9.74. The largest absolute Gasteiger partial charge is 0.355 e. The van der Waals surface area contributed by atoms with E-state index in [0.29, 0.717) is 12.0 Å². The molecule has 0 fully saturated rings. The first kappa shape index (κ1) is 12.8. The third-order valence-corrected chi connectivity index (χ3v) is 2.80. The molecular formula is C15H14N2O2. The van der Waals surface area contributed by atoms with Gasteiger partial charge in [-0.05, 0) is 35.4 Å². The minimum atomic E-state index is -0.110. The van der Waals surface area contributed by atoms with E-state index in [4.69, 9.17) is 0 Å². The van der Waals surface area contributed by atoms with Gasteiger partial charge in [0.2, 0.25) is 6.41 Å². The van der Waals surface area contributed by atoms with E-state index in [1.165, 1.54) is 0 Å². The van der Waals surface area contributed by atoms with Crippen LogP contribution in [0, 0.1) is 0 Å². The zero-order valence-electron chi connectivity index (χ0n) is 10.5. The zero-order chi connectivity index (χ0) is 13.7. The number of hydrogen-bond acceptors (Lipinski definition) is 2. The first-order chi connectivity index (χ1) is 9.24. The number of anilines is 1. The average molecular weight is 254 g/mol. The van der Waals surface area contributed by atoms with Gasteiger partial charge in [0, 0.05) is 18.3 Å². The van der Waals surface area contributed by atoms with E-state index >= 15 is 0 Å². The van der Waals surface area contributed by atoms with Crippen molar-refractivity contribution in [3.63, 3.8) is 0 Å². The van der Waals surface area contributed by atoms with E-state index in [1.807, 2.05) is 42.5 Å². The molecule has 0 spiro atoms. The Hall–Kier alpha value is -2.62. The van der Waals surface area contributed by atoms with Gasteiger partial charge in [-0.2, -0.15) is 0 Å². The Kier molecular flexibility index (Phi) is 3.93. The minimum Gasteiger partial charge on any atom is -0.355 e.